The first kappa shape index (κ1) is 22.5. The zero-order valence-electron chi connectivity index (χ0n) is 16.4. The number of amides is 1. The summed E-state index contributed by atoms with van der Waals surface area (Å²) in [5.74, 6) is -4.22. The van der Waals surface area contributed by atoms with Crippen molar-refractivity contribution in [3.05, 3.63) is 53.5 Å². The van der Waals surface area contributed by atoms with Gasteiger partial charge in [-0.15, -0.1) is 0 Å². The van der Waals surface area contributed by atoms with Crippen LogP contribution in [0, 0.1) is 16.8 Å². The third-order valence-electron chi connectivity index (χ3n) is 5.12. The van der Waals surface area contributed by atoms with Crippen molar-refractivity contribution in [1.29, 1.82) is 0 Å². The summed E-state index contributed by atoms with van der Waals surface area (Å²) in [4.78, 5) is 13.8. The minimum atomic E-state index is -4.87. The maximum absolute atomic E-state index is 14.2. The average molecular weight is 447 g/mol. The summed E-state index contributed by atoms with van der Waals surface area (Å²) in [6, 6.07) is 2.95. The molecule has 0 aliphatic carbocycles. The molecule has 2 aromatic rings. The Morgan fingerprint density at radius 1 is 1.29 bits per heavy atom. The van der Waals surface area contributed by atoms with E-state index >= 15 is 0 Å². The number of alkyl halides is 3. The van der Waals surface area contributed by atoms with Gasteiger partial charge in [0.25, 0.3) is 0 Å². The molecule has 1 amide bonds. The number of benzene rings is 1. The van der Waals surface area contributed by atoms with Crippen LogP contribution in [0.25, 0.3) is 0 Å². The molecule has 0 saturated carbocycles. The van der Waals surface area contributed by atoms with Crippen LogP contribution in [0.15, 0.2) is 36.7 Å². The molecular weight excluding hydrogens is 429 g/mol. The fourth-order valence-corrected chi connectivity index (χ4v) is 3.53. The van der Waals surface area contributed by atoms with E-state index in [-0.39, 0.29) is 11.4 Å². The predicted molar refractivity (Wildman–Crippen MR) is 98.5 cm³/mol. The summed E-state index contributed by atoms with van der Waals surface area (Å²) in [7, 11) is 1.88. The molecule has 2 atom stereocenters. The number of hydrogen-bond donors (Lipinski definition) is 1. The number of halogens is 5. The van der Waals surface area contributed by atoms with Crippen LogP contribution in [0.5, 0.6) is 5.75 Å². The lowest BCUT2D eigenvalue weighted by Gasteiger charge is -2.31. The fourth-order valence-electron chi connectivity index (χ4n) is 3.53. The highest BCUT2D eigenvalue weighted by Gasteiger charge is 2.63. The quantitative estimate of drug-likeness (QED) is 0.433. The average Bonchev–Trinajstić information content (AvgIpc) is 3.11. The molecule has 168 valence electrons. The van der Waals surface area contributed by atoms with E-state index in [4.69, 9.17) is 9.47 Å². The van der Waals surface area contributed by atoms with Gasteiger partial charge in [0.2, 0.25) is 17.9 Å². The number of carbonyl (C=O) groups is 1. The van der Waals surface area contributed by atoms with Gasteiger partial charge in [-0.05, 0) is 18.2 Å². The Bertz CT molecular complexity index is 988. The van der Waals surface area contributed by atoms with Crippen LogP contribution in [-0.4, -0.2) is 44.5 Å². The number of nitrogens with zero attached hydrogens (tertiary/aromatic N) is 2. The van der Waals surface area contributed by atoms with Crippen molar-refractivity contribution >= 4 is 17.3 Å². The third-order valence-corrected chi connectivity index (χ3v) is 5.12. The lowest BCUT2D eigenvalue weighted by atomic mass is 9.99. The predicted octanol–water partition coefficient (Wildman–Crippen LogP) is 2.77. The first-order valence-corrected chi connectivity index (χ1v) is 8.93. The van der Waals surface area contributed by atoms with E-state index < -0.39 is 54.1 Å². The largest absolute Gasteiger partial charge is 0.619 e. The Kier molecular flexibility index (Phi) is 5.94. The Labute approximate surface area is 173 Å². The third kappa shape index (κ3) is 4.07. The summed E-state index contributed by atoms with van der Waals surface area (Å²) in [6.07, 6.45) is -3.53. The standard InChI is InChI=1S/C19H18F5N3O4/c1-30-16-13(6-5-12(20)15(16)21)27-10-18(31-2,19(22,23)24)8-14(27)17(28)25-11-4-3-7-26(29)9-11/h3-7,9,14H,8,10H2,1-2H3,(H,25,28)/t14-,18+/m0/s1. The van der Waals surface area contributed by atoms with Crippen molar-refractivity contribution in [1.82, 2.24) is 0 Å². The van der Waals surface area contributed by atoms with Crippen LogP contribution in [0.2, 0.25) is 0 Å². The van der Waals surface area contributed by atoms with Gasteiger partial charge >= 0.3 is 6.18 Å². The van der Waals surface area contributed by atoms with E-state index in [9.17, 15) is 32.0 Å². The molecule has 31 heavy (non-hydrogen) atoms. The maximum atomic E-state index is 14.2. The topological polar surface area (TPSA) is 77.7 Å². The second-order valence-corrected chi connectivity index (χ2v) is 6.90. The van der Waals surface area contributed by atoms with Gasteiger partial charge in [0, 0.05) is 19.6 Å². The molecular formula is C19H18F5N3O4. The van der Waals surface area contributed by atoms with E-state index in [0.29, 0.717) is 4.73 Å². The molecule has 2 heterocycles. The van der Waals surface area contributed by atoms with Gasteiger partial charge < -0.3 is 24.9 Å². The number of nitrogens with one attached hydrogen (secondary N) is 1. The zero-order valence-corrected chi connectivity index (χ0v) is 16.4. The van der Waals surface area contributed by atoms with Crippen LogP contribution in [-0.2, 0) is 9.53 Å². The molecule has 1 fully saturated rings. The van der Waals surface area contributed by atoms with Crippen LogP contribution in [0.1, 0.15) is 6.42 Å². The number of carbonyl (C=O) groups excluding carboxylic acids is 1. The highest BCUT2D eigenvalue weighted by molar-refractivity contribution is 5.97. The molecule has 1 aromatic heterocycles. The van der Waals surface area contributed by atoms with Gasteiger partial charge in [0.1, 0.15) is 11.7 Å². The van der Waals surface area contributed by atoms with Crippen molar-refractivity contribution in [3.63, 3.8) is 0 Å². The molecule has 12 heteroatoms. The molecule has 0 bridgehead atoms. The molecule has 7 nitrogen and oxygen atoms in total. The van der Waals surface area contributed by atoms with Crippen LogP contribution in [0.3, 0.4) is 0 Å². The van der Waals surface area contributed by atoms with Gasteiger partial charge in [-0.2, -0.15) is 22.3 Å². The zero-order chi connectivity index (χ0) is 23.0. The summed E-state index contributed by atoms with van der Waals surface area (Å²) in [6.45, 7) is -0.872. The summed E-state index contributed by atoms with van der Waals surface area (Å²) in [5.41, 5.74) is -2.96. The smallest absolute Gasteiger partial charge is 0.419 e. The number of rotatable bonds is 5. The number of anilines is 2. The minimum absolute atomic E-state index is 0.0432. The lowest BCUT2D eigenvalue weighted by Crippen LogP contribution is -2.49. The van der Waals surface area contributed by atoms with Crippen LogP contribution < -0.4 is 19.7 Å². The summed E-state index contributed by atoms with van der Waals surface area (Å²) < 4.78 is 79.5. The van der Waals surface area contributed by atoms with Gasteiger partial charge in [0.15, 0.2) is 23.4 Å². The molecule has 0 radical (unpaired) electrons. The number of methoxy groups -OCH3 is 2. The van der Waals surface area contributed by atoms with E-state index in [1.165, 1.54) is 12.1 Å². The second kappa shape index (κ2) is 8.17. The first-order valence-electron chi connectivity index (χ1n) is 8.93. The molecule has 1 aliphatic heterocycles. The minimum Gasteiger partial charge on any atom is -0.619 e. The van der Waals surface area contributed by atoms with E-state index in [1.54, 1.807) is 0 Å². The lowest BCUT2D eigenvalue weighted by molar-refractivity contribution is -0.604. The molecule has 1 saturated heterocycles. The van der Waals surface area contributed by atoms with Gasteiger partial charge in [0.05, 0.1) is 19.3 Å². The highest BCUT2D eigenvalue weighted by atomic mass is 19.4. The molecule has 3 rings (SSSR count). The Hall–Kier alpha value is -3.15. The Balaban J connectivity index is 2.05. The van der Waals surface area contributed by atoms with Crippen LogP contribution >= 0.6 is 0 Å². The van der Waals surface area contributed by atoms with E-state index in [2.05, 4.69) is 5.32 Å². The monoisotopic (exact) mass is 447 g/mol. The Morgan fingerprint density at radius 3 is 2.58 bits per heavy atom. The SMILES string of the molecule is COc1c(N2C[C@@](OC)(C(F)(F)F)C[C@H]2C(=O)Nc2ccc[n+]([O-])c2)ccc(F)c1F. The first-order chi connectivity index (χ1) is 14.5. The van der Waals surface area contributed by atoms with Crippen molar-refractivity contribution in [3.8, 4) is 5.75 Å². The summed E-state index contributed by atoms with van der Waals surface area (Å²) in [5, 5.41) is 13.8. The number of hydrogen-bond acceptors (Lipinski definition) is 5. The van der Waals surface area contributed by atoms with Gasteiger partial charge in [-0.25, -0.2) is 4.39 Å². The van der Waals surface area contributed by atoms with Crippen LogP contribution in [0.4, 0.5) is 33.3 Å². The summed E-state index contributed by atoms with van der Waals surface area (Å²) >= 11 is 0. The second-order valence-electron chi connectivity index (χ2n) is 6.90. The van der Waals surface area contributed by atoms with Crippen molar-refractivity contribution in [2.24, 2.45) is 0 Å². The molecule has 1 aliphatic rings. The fraction of sp³-hybridized carbons (Fsp3) is 0.368. The number of aromatic nitrogens is 1. The van der Waals surface area contributed by atoms with E-state index in [1.807, 2.05) is 0 Å². The van der Waals surface area contributed by atoms with Gasteiger partial charge in [-0.3, -0.25) is 4.79 Å². The van der Waals surface area contributed by atoms with Gasteiger partial charge in [-0.1, -0.05) is 0 Å². The van der Waals surface area contributed by atoms with Crippen molar-refractivity contribution in [2.75, 3.05) is 31.0 Å². The molecule has 1 N–H and O–H groups in total. The van der Waals surface area contributed by atoms with Crippen molar-refractivity contribution in [2.45, 2.75) is 24.2 Å². The molecule has 0 unspecified atom stereocenters. The molecule has 1 aromatic carbocycles. The molecule has 0 spiro atoms. The normalized spacial score (nSPS) is 21.3. The highest BCUT2D eigenvalue weighted by Crippen LogP contribution is 2.47. The van der Waals surface area contributed by atoms with Crippen molar-refractivity contribution < 1.29 is 41.0 Å². The van der Waals surface area contributed by atoms with E-state index in [0.717, 1.165) is 43.6 Å². The Morgan fingerprint density at radius 2 is 2.00 bits per heavy atom. The number of ether oxygens (including phenoxy) is 2. The number of pyridine rings is 1. The maximum Gasteiger partial charge on any atom is 0.419 e.